The van der Waals surface area contributed by atoms with Gasteiger partial charge < -0.3 is 10.6 Å². The first kappa shape index (κ1) is 10.9. The van der Waals surface area contributed by atoms with Crippen molar-refractivity contribution in [3.63, 3.8) is 0 Å². The third kappa shape index (κ3) is 3.56. The van der Waals surface area contributed by atoms with Crippen LogP contribution >= 0.6 is 11.8 Å². The van der Waals surface area contributed by atoms with E-state index >= 15 is 0 Å². The number of thioether (sulfide) groups is 1. The number of likely N-dealkylation sites (tertiary alicyclic amines) is 1. The second kappa shape index (κ2) is 5.50. The van der Waals surface area contributed by atoms with Crippen LogP contribution in [-0.4, -0.2) is 41.4 Å². The molecule has 0 radical (unpaired) electrons. The first-order valence-electron chi connectivity index (χ1n) is 4.85. The highest BCUT2D eigenvalue weighted by molar-refractivity contribution is 7.99. The van der Waals surface area contributed by atoms with Crippen LogP contribution in [0, 0.1) is 0 Å². The van der Waals surface area contributed by atoms with Gasteiger partial charge in [-0.3, -0.25) is 4.79 Å². The second-order valence-electron chi connectivity index (χ2n) is 3.38. The lowest BCUT2D eigenvalue weighted by atomic mass is 10.1. The van der Waals surface area contributed by atoms with Crippen LogP contribution in [-0.2, 0) is 4.79 Å². The number of nitrogens with two attached hydrogens (primary N) is 1. The zero-order valence-electron chi connectivity index (χ0n) is 8.16. The lowest BCUT2D eigenvalue weighted by Gasteiger charge is -2.30. The summed E-state index contributed by atoms with van der Waals surface area (Å²) >= 11 is 1.68. The first-order chi connectivity index (χ1) is 6.24. The minimum Gasteiger partial charge on any atom is -0.340 e. The molecule has 0 saturated carbocycles. The van der Waals surface area contributed by atoms with Gasteiger partial charge in [0.25, 0.3) is 0 Å². The van der Waals surface area contributed by atoms with Crippen molar-refractivity contribution in [2.45, 2.75) is 25.8 Å². The Morgan fingerprint density at radius 1 is 1.69 bits per heavy atom. The monoisotopic (exact) mass is 202 g/mol. The van der Waals surface area contributed by atoms with Gasteiger partial charge in [0.15, 0.2) is 0 Å². The number of nitrogens with zero attached hydrogens (tertiary/aromatic N) is 1. The third-order valence-electron chi connectivity index (χ3n) is 2.24. The largest absolute Gasteiger partial charge is 0.340 e. The van der Waals surface area contributed by atoms with Gasteiger partial charge in [0.2, 0.25) is 5.91 Å². The molecule has 0 aromatic rings. The average Bonchev–Trinajstić information content (AvgIpc) is 2.14. The Hall–Kier alpha value is -0.220. The number of carbonyl (C=O) groups is 1. The number of amides is 1. The van der Waals surface area contributed by atoms with Gasteiger partial charge in [-0.1, -0.05) is 6.92 Å². The van der Waals surface area contributed by atoms with Gasteiger partial charge in [-0.15, -0.1) is 0 Å². The predicted molar refractivity (Wildman–Crippen MR) is 56.8 cm³/mol. The SMILES string of the molecule is CCSCC(=O)N1CCCC(N)C1. The molecule has 1 fully saturated rings. The Morgan fingerprint density at radius 2 is 2.46 bits per heavy atom. The lowest BCUT2D eigenvalue weighted by Crippen LogP contribution is -2.46. The zero-order chi connectivity index (χ0) is 9.68. The van der Waals surface area contributed by atoms with Crippen molar-refractivity contribution in [2.24, 2.45) is 5.73 Å². The Morgan fingerprint density at radius 3 is 3.08 bits per heavy atom. The average molecular weight is 202 g/mol. The van der Waals surface area contributed by atoms with Crippen molar-refractivity contribution in [3.8, 4) is 0 Å². The molecule has 3 nitrogen and oxygen atoms in total. The number of carbonyl (C=O) groups excluding carboxylic acids is 1. The molecule has 13 heavy (non-hydrogen) atoms. The normalized spacial score (nSPS) is 23.2. The smallest absolute Gasteiger partial charge is 0.232 e. The second-order valence-corrected chi connectivity index (χ2v) is 4.65. The fraction of sp³-hybridized carbons (Fsp3) is 0.889. The van der Waals surface area contributed by atoms with Crippen molar-refractivity contribution in [1.29, 1.82) is 0 Å². The molecule has 2 N–H and O–H groups in total. The molecule has 1 atom stereocenters. The van der Waals surface area contributed by atoms with E-state index in [9.17, 15) is 4.79 Å². The highest BCUT2D eigenvalue weighted by Crippen LogP contribution is 2.10. The van der Waals surface area contributed by atoms with Crippen molar-refractivity contribution in [1.82, 2.24) is 4.90 Å². The third-order valence-corrected chi connectivity index (χ3v) is 3.10. The van der Waals surface area contributed by atoms with Crippen LogP contribution in [0.2, 0.25) is 0 Å². The molecule has 1 rings (SSSR count). The summed E-state index contributed by atoms with van der Waals surface area (Å²) in [7, 11) is 0. The molecular weight excluding hydrogens is 184 g/mol. The molecule has 4 heteroatoms. The van der Waals surface area contributed by atoms with E-state index in [1.54, 1.807) is 11.8 Å². The van der Waals surface area contributed by atoms with Gasteiger partial charge in [-0.25, -0.2) is 0 Å². The lowest BCUT2D eigenvalue weighted by molar-refractivity contribution is -0.129. The van der Waals surface area contributed by atoms with Crippen LogP contribution in [0.3, 0.4) is 0 Å². The molecule has 1 saturated heterocycles. The van der Waals surface area contributed by atoms with E-state index in [0.29, 0.717) is 5.75 Å². The molecular formula is C9H18N2OS. The summed E-state index contributed by atoms with van der Waals surface area (Å²) in [6, 6.07) is 0.198. The summed E-state index contributed by atoms with van der Waals surface area (Å²) in [5.41, 5.74) is 5.79. The standard InChI is InChI=1S/C9H18N2OS/c1-2-13-7-9(12)11-5-3-4-8(10)6-11/h8H,2-7,10H2,1H3. The highest BCUT2D eigenvalue weighted by atomic mass is 32.2. The van der Waals surface area contributed by atoms with Crippen LogP contribution in [0.5, 0.6) is 0 Å². The molecule has 1 aliphatic heterocycles. The fourth-order valence-electron chi connectivity index (χ4n) is 1.52. The van der Waals surface area contributed by atoms with E-state index in [1.165, 1.54) is 0 Å². The van der Waals surface area contributed by atoms with E-state index in [1.807, 2.05) is 4.90 Å². The van der Waals surface area contributed by atoms with Crippen LogP contribution in [0.4, 0.5) is 0 Å². The quantitative estimate of drug-likeness (QED) is 0.732. The van der Waals surface area contributed by atoms with Gasteiger partial charge in [0.05, 0.1) is 5.75 Å². The maximum atomic E-state index is 11.6. The summed E-state index contributed by atoms with van der Waals surface area (Å²) in [5, 5.41) is 0. The minimum atomic E-state index is 0.198. The van der Waals surface area contributed by atoms with Crippen LogP contribution < -0.4 is 5.73 Å². The molecule has 0 spiro atoms. The van der Waals surface area contributed by atoms with Gasteiger partial charge in [0, 0.05) is 19.1 Å². The summed E-state index contributed by atoms with van der Waals surface area (Å²) in [6.45, 7) is 3.72. The Bertz CT molecular complexity index is 175. The highest BCUT2D eigenvalue weighted by Gasteiger charge is 2.20. The number of hydrogen-bond donors (Lipinski definition) is 1. The summed E-state index contributed by atoms with van der Waals surface area (Å²) in [5.74, 6) is 1.87. The molecule has 1 heterocycles. The molecule has 0 aromatic heterocycles. The molecule has 1 unspecified atom stereocenters. The van der Waals surface area contributed by atoms with Crippen LogP contribution in [0.25, 0.3) is 0 Å². The molecule has 0 aliphatic carbocycles. The van der Waals surface area contributed by atoms with E-state index < -0.39 is 0 Å². The van der Waals surface area contributed by atoms with E-state index in [-0.39, 0.29) is 11.9 Å². The van der Waals surface area contributed by atoms with Crippen LogP contribution in [0.1, 0.15) is 19.8 Å². The summed E-state index contributed by atoms with van der Waals surface area (Å²) < 4.78 is 0. The Balaban J connectivity index is 2.28. The van der Waals surface area contributed by atoms with Gasteiger partial charge in [-0.2, -0.15) is 11.8 Å². The summed E-state index contributed by atoms with van der Waals surface area (Å²) in [4.78, 5) is 13.5. The van der Waals surface area contributed by atoms with Gasteiger partial charge in [0.1, 0.15) is 0 Å². The molecule has 0 bridgehead atoms. The Labute approximate surface area is 84.0 Å². The van der Waals surface area contributed by atoms with E-state index in [4.69, 9.17) is 5.73 Å². The van der Waals surface area contributed by atoms with Gasteiger partial charge in [-0.05, 0) is 18.6 Å². The van der Waals surface area contributed by atoms with Gasteiger partial charge >= 0.3 is 0 Å². The maximum absolute atomic E-state index is 11.6. The predicted octanol–water partition coefficient (Wildman–Crippen LogP) is 0.689. The van der Waals surface area contributed by atoms with E-state index in [2.05, 4.69) is 6.92 Å². The number of piperidine rings is 1. The van der Waals surface area contributed by atoms with E-state index in [0.717, 1.165) is 31.7 Å². The molecule has 1 aliphatic rings. The fourth-order valence-corrected chi connectivity index (χ4v) is 2.08. The minimum absolute atomic E-state index is 0.198. The van der Waals surface area contributed by atoms with Crippen molar-refractivity contribution >= 4 is 17.7 Å². The van der Waals surface area contributed by atoms with Crippen LogP contribution in [0.15, 0.2) is 0 Å². The van der Waals surface area contributed by atoms with Crippen molar-refractivity contribution in [3.05, 3.63) is 0 Å². The zero-order valence-corrected chi connectivity index (χ0v) is 8.98. The van der Waals surface area contributed by atoms with Crippen molar-refractivity contribution < 1.29 is 4.79 Å². The van der Waals surface area contributed by atoms with Crippen molar-refractivity contribution in [2.75, 3.05) is 24.6 Å². The number of rotatable bonds is 3. The Kier molecular flexibility index (Phi) is 4.59. The maximum Gasteiger partial charge on any atom is 0.232 e. The topological polar surface area (TPSA) is 46.3 Å². The molecule has 76 valence electrons. The summed E-state index contributed by atoms with van der Waals surface area (Å²) in [6.07, 6.45) is 2.12. The first-order valence-corrected chi connectivity index (χ1v) is 6.00. The molecule has 1 amide bonds. The number of hydrogen-bond acceptors (Lipinski definition) is 3. The molecule has 0 aromatic carbocycles.